The summed E-state index contributed by atoms with van der Waals surface area (Å²) in [4.78, 5) is 23.2. The maximum atomic E-state index is 11.3. The van der Waals surface area contributed by atoms with Gasteiger partial charge in [0.05, 0.1) is 6.54 Å². The lowest BCUT2D eigenvalue weighted by molar-refractivity contribution is -0.133. The van der Waals surface area contributed by atoms with Crippen molar-refractivity contribution in [3.8, 4) is 0 Å². The highest BCUT2D eigenvalue weighted by atomic mass is 16.5. The van der Waals surface area contributed by atoms with Crippen molar-refractivity contribution in [2.75, 3.05) is 32.8 Å². The van der Waals surface area contributed by atoms with E-state index >= 15 is 0 Å². The van der Waals surface area contributed by atoms with Gasteiger partial charge in [-0.3, -0.25) is 4.79 Å². The summed E-state index contributed by atoms with van der Waals surface area (Å²) in [6.07, 6.45) is 0.303. The summed E-state index contributed by atoms with van der Waals surface area (Å²) < 4.78 is 4.48. The first-order valence-corrected chi connectivity index (χ1v) is 4.61. The number of carbonyl (C=O) groups is 2. The fourth-order valence-corrected chi connectivity index (χ4v) is 1.10. The predicted molar refractivity (Wildman–Crippen MR) is 49.6 cm³/mol. The summed E-state index contributed by atoms with van der Waals surface area (Å²) in [6.45, 7) is 2.66. The third-order valence-corrected chi connectivity index (χ3v) is 2.01. The molecule has 1 heterocycles. The lowest BCUT2D eigenvalue weighted by atomic mass is 10.2. The van der Waals surface area contributed by atoms with E-state index in [-0.39, 0.29) is 12.5 Å². The van der Waals surface area contributed by atoms with E-state index in [1.54, 1.807) is 4.90 Å². The monoisotopic (exact) mass is 201 g/mol. The molecular formula is C8H15N3O3. The number of nitrogens with two attached hydrogens (primary N) is 1. The Hall–Kier alpha value is -1.30. The molecule has 1 fully saturated rings. The summed E-state index contributed by atoms with van der Waals surface area (Å²) in [5.41, 5.74) is 4.75. The highest BCUT2D eigenvalue weighted by Crippen LogP contribution is 2.04. The van der Waals surface area contributed by atoms with Crippen LogP contribution in [0.4, 0.5) is 4.79 Å². The Balaban J connectivity index is 1.92. The first kappa shape index (κ1) is 10.8. The molecule has 0 spiro atoms. The van der Waals surface area contributed by atoms with Gasteiger partial charge in [0.1, 0.15) is 6.61 Å². The van der Waals surface area contributed by atoms with Crippen molar-refractivity contribution in [1.82, 2.24) is 10.2 Å². The second kappa shape index (κ2) is 5.43. The van der Waals surface area contributed by atoms with Gasteiger partial charge in [-0.25, -0.2) is 4.79 Å². The van der Waals surface area contributed by atoms with Crippen LogP contribution in [-0.4, -0.2) is 49.7 Å². The van der Waals surface area contributed by atoms with Crippen LogP contribution in [0.3, 0.4) is 0 Å². The summed E-state index contributed by atoms with van der Waals surface area (Å²) in [6, 6.07) is 0. The van der Waals surface area contributed by atoms with Crippen molar-refractivity contribution in [3.63, 3.8) is 0 Å². The fourth-order valence-electron chi connectivity index (χ4n) is 1.10. The maximum Gasteiger partial charge on any atom is 0.404 e. The van der Waals surface area contributed by atoms with Crippen molar-refractivity contribution in [2.45, 2.75) is 6.42 Å². The zero-order valence-corrected chi connectivity index (χ0v) is 7.99. The minimum atomic E-state index is -0.791. The summed E-state index contributed by atoms with van der Waals surface area (Å²) in [5.74, 6) is 0.0929. The lowest BCUT2D eigenvalue weighted by Gasteiger charge is -2.30. The third-order valence-electron chi connectivity index (χ3n) is 2.01. The molecule has 80 valence electrons. The van der Waals surface area contributed by atoms with Crippen LogP contribution in [0.1, 0.15) is 6.42 Å². The number of amides is 2. The van der Waals surface area contributed by atoms with Crippen molar-refractivity contribution >= 4 is 12.0 Å². The van der Waals surface area contributed by atoms with Gasteiger partial charge in [0.2, 0.25) is 5.91 Å². The molecule has 6 nitrogen and oxygen atoms in total. The van der Waals surface area contributed by atoms with Gasteiger partial charge < -0.3 is 20.7 Å². The number of carbonyl (C=O) groups excluding carboxylic acids is 2. The molecule has 0 aliphatic carbocycles. The van der Waals surface area contributed by atoms with Crippen LogP contribution < -0.4 is 11.1 Å². The van der Waals surface area contributed by atoms with Crippen LogP contribution >= 0.6 is 0 Å². The van der Waals surface area contributed by atoms with Crippen molar-refractivity contribution < 1.29 is 14.3 Å². The third kappa shape index (κ3) is 3.61. The van der Waals surface area contributed by atoms with Crippen molar-refractivity contribution in [1.29, 1.82) is 0 Å². The van der Waals surface area contributed by atoms with Gasteiger partial charge in [-0.2, -0.15) is 0 Å². The molecule has 0 aromatic heterocycles. The molecule has 2 amide bonds. The van der Waals surface area contributed by atoms with Gasteiger partial charge in [0.25, 0.3) is 0 Å². The number of hydrogen-bond donors (Lipinski definition) is 2. The maximum absolute atomic E-state index is 11.3. The highest BCUT2D eigenvalue weighted by molar-refractivity contribution is 5.78. The first-order valence-electron chi connectivity index (χ1n) is 4.61. The van der Waals surface area contributed by atoms with Gasteiger partial charge in [-0.15, -0.1) is 0 Å². The Kier molecular flexibility index (Phi) is 4.18. The molecule has 0 bridgehead atoms. The summed E-state index contributed by atoms with van der Waals surface area (Å²) in [5, 5.41) is 2.87. The minimum absolute atomic E-state index is 0.0929. The Labute approximate surface area is 82.4 Å². The molecular weight excluding hydrogens is 186 g/mol. The lowest BCUT2D eigenvalue weighted by Crippen LogP contribution is -2.46. The number of likely N-dealkylation sites (tertiary alicyclic amines) is 1. The number of nitrogens with zero attached hydrogens (tertiary/aromatic N) is 1. The van der Waals surface area contributed by atoms with E-state index < -0.39 is 6.09 Å². The molecule has 3 N–H and O–H groups in total. The SMILES string of the molecule is NC(=O)OCCNCC(=O)N1CCC1. The number of hydrogen-bond acceptors (Lipinski definition) is 4. The van der Waals surface area contributed by atoms with Crippen LogP contribution in [0.2, 0.25) is 0 Å². The number of nitrogens with one attached hydrogen (secondary N) is 1. The average molecular weight is 201 g/mol. The highest BCUT2D eigenvalue weighted by Gasteiger charge is 2.18. The van der Waals surface area contributed by atoms with Gasteiger partial charge >= 0.3 is 6.09 Å². The van der Waals surface area contributed by atoms with E-state index in [1.165, 1.54) is 0 Å². The Morgan fingerprint density at radius 1 is 1.43 bits per heavy atom. The Morgan fingerprint density at radius 2 is 2.14 bits per heavy atom. The van der Waals surface area contributed by atoms with Gasteiger partial charge in [0.15, 0.2) is 0 Å². The van der Waals surface area contributed by atoms with Gasteiger partial charge in [-0.05, 0) is 6.42 Å². The molecule has 1 rings (SSSR count). The van der Waals surface area contributed by atoms with Crippen LogP contribution in [0.15, 0.2) is 0 Å². The van der Waals surface area contributed by atoms with Crippen molar-refractivity contribution in [3.05, 3.63) is 0 Å². The normalized spacial score (nSPS) is 14.7. The standard InChI is InChI=1S/C8H15N3O3/c9-8(13)14-5-2-10-6-7(12)11-3-1-4-11/h10H,1-6H2,(H2,9,13). The molecule has 1 aliphatic heterocycles. The second-order valence-electron chi connectivity index (χ2n) is 3.08. The molecule has 1 aliphatic rings. The summed E-state index contributed by atoms with van der Waals surface area (Å²) >= 11 is 0. The topological polar surface area (TPSA) is 84.7 Å². The predicted octanol–water partition coefficient (Wildman–Crippen LogP) is -1.10. The molecule has 6 heteroatoms. The smallest absolute Gasteiger partial charge is 0.404 e. The molecule has 1 saturated heterocycles. The van der Waals surface area contributed by atoms with Crippen LogP contribution in [-0.2, 0) is 9.53 Å². The second-order valence-corrected chi connectivity index (χ2v) is 3.08. The van der Waals surface area contributed by atoms with E-state index in [4.69, 9.17) is 5.73 Å². The van der Waals surface area contributed by atoms with E-state index in [2.05, 4.69) is 10.1 Å². The summed E-state index contributed by atoms with van der Waals surface area (Å²) in [7, 11) is 0. The largest absolute Gasteiger partial charge is 0.448 e. The molecule has 0 aromatic rings. The number of rotatable bonds is 5. The van der Waals surface area contributed by atoms with Crippen LogP contribution in [0.25, 0.3) is 0 Å². The molecule has 14 heavy (non-hydrogen) atoms. The van der Waals surface area contributed by atoms with E-state index in [1.807, 2.05) is 0 Å². The van der Waals surface area contributed by atoms with E-state index in [0.717, 1.165) is 19.5 Å². The van der Waals surface area contributed by atoms with Gasteiger partial charge in [-0.1, -0.05) is 0 Å². The van der Waals surface area contributed by atoms with E-state index in [9.17, 15) is 9.59 Å². The zero-order chi connectivity index (χ0) is 10.4. The van der Waals surface area contributed by atoms with E-state index in [0.29, 0.717) is 13.1 Å². The molecule has 0 atom stereocenters. The fraction of sp³-hybridized carbons (Fsp3) is 0.750. The Bertz CT molecular complexity index is 216. The molecule has 0 unspecified atom stereocenters. The molecule has 0 saturated carbocycles. The minimum Gasteiger partial charge on any atom is -0.448 e. The van der Waals surface area contributed by atoms with Crippen LogP contribution in [0, 0.1) is 0 Å². The number of ether oxygens (including phenoxy) is 1. The van der Waals surface area contributed by atoms with Crippen molar-refractivity contribution in [2.24, 2.45) is 5.73 Å². The average Bonchev–Trinajstić information content (AvgIpc) is 1.99. The van der Waals surface area contributed by atoms with Crippen LogP contribution in [0.5, 0.6) is 0 Å². The van der Waals surface area contributed by atoms with Gasteiger partial charge in [0, 0.05) is 19.6 Å². The quantitative estimate of drug-likeness (QED) is 0.553. The number of primary amides is 1. The Morgan fingerprint density at radius 3 is 2.64 bits per heavy atom. The molecule has 0 aromatic carbocycles. The zero-order valence-electron chi connectivity index (χ0n) is 7.99. The molecule has 0 radical (unpaired) electrons. The first-order chi connectivity index (χ1) is 6.70.